The van der Waals surface area contributed by atoms with E-state index in [9.17, 15) is 14.7 Å². The highest BCUT2D eigenvalue weighted by Crippen LogP contribution is 2.31. The van der Waals surface area contributed by atoms with Crippen LogP contribution in [0.1, 0.15) is 28.3 Å². The van der Waals surface area contributed by atoms with Gasteiger partial charge in [-0.2, -0.15) is 0 Å². The Labute approximate surface area is 149 Å². The van der Waals surface area contributed by atoms with Gasteiger partial charge in [0.05, 0.1) is 17.3 Å². The van der Waals surface area contributed by atoms with Gasteiger partial charge in [-0.05, 0) is 36.6 Å². The zero-order valence-corrected chi connectivity index (χ0v) is 14.3. The van der Waals surface area contributed by atoms with Crippen LogP contribution in [0.2, 0.25) is 0 Å². The standard InChI is InChI=1S/C20H19N3O3/c1-12-6-8-14(9-7-12)23-19(25)16(18(24)22-20(23)26)17-15-5-3-2-4-13(15)10-11-21-17/h2-9,17,21,25H,10-11H2,1H3,(H,22,24,26)/t17-/m0/s1. The van der Waals surface area contributed by atoms with Crippen LogP contribution in [0.5, 0.6) is 5.88 Å². The third-order valence-corrected chi connectivity index (χ3v) is 4.81. The van der Waals surface area contributed by atoms with Gasteiger partial charge < -0.3 is 10.4 Å². The summed E-state index contributed by atoms with van der Waals surface area (Å²) in [6.45, 7) is 2.62. The van der Waals surface area contributed by atoms with E-state index in [4.69, 9.17) is 0 Å². The number of aromatic nitrogens is 2. The number of hydrogen-bond acceptors (Lipinski definition) is 4. The predicted octanol–water partition coefficient (Wildman–Crippen LogP) is 1.77. The lowest BCUT2D eigenvalue weighted by Crippen LogP contribution is -2.38. The van der Waals surface area contributed by atoms with Crippen LogP contribution in [0.3, 0.4) is 0 Å². The van der Waals surface area contributed by atoms with Crippen LogP contribution in [0.25, 0.3) is 5.69 Å². The molecule has 6 nitrogen and oxygen atoms in total. The van der Waals surface area contributed by atoms with E-state index in [1.807, 2.05) is 43.3 Å². The molecule has 132 valence electrons. The molecule has 0 saturated heterocycles. The number of aromatic amines is 1. The molecule has 0 radical (unpaired) electrons. The van der Waals surface area contributed by atoms with Crippen LogP contribution in [-0.4, -0.2) is 21.2 Å². The van der Waals surface area contributed by atoms with E-state index in [0.717, 1.165) is 27.7 Å². The Morgan fingerprint density at radius 3 is 2.58 bits per heavy atom. The van der Waals surface area contributed by atoms with E-state index in [2.05, 4.69) is 10.3 Å². The Morgan fingerprint density at radius 1 is 1.08 bits per heavy atom. The second kappa shape index (κ2) is 6.31. The summed E-state index contributed by atoms with van der Waals surface area (Å²) in [6, 6.07) is 14.5. The van der Waals surface area contributed by atoms with Crippen molar-refractivity contribution in [3.8, 4) is 11.6 Å². The predicted molar refractivity (Wildman–Crippen MR) is 99.1 cm³/mol. The molecule has 0 bridgehead atoms. The van der Waals surface area contributed by atoms with Crippen LogP contribution in [0.15, 0.2) is 58.1 Å². The molecule has 0 spiro atoms. The van der Waals surface area contributed by atoms with Crippen molar-refractivity contribution < 1.29 is 5.11 Å². The van der Waals surface area contributed by atoms with Gasteiger partial charge >= 0.3 is 5.69 Å². The van der Waals surface area contributed by atoms with Gasteiger partial charge in [0.15, 0.2) is 0 Å². The average molecular weight is 349 g/mol. The summed E-state index contributed by atoms with van der Waals surface area (Å²) in [4.78, 5) is 27.2. The molecule has 1 aliphatic rings. The van der Waals surface area contributed by atoms with Crippen LogP contribution in [0.4, 0.5) is 0 Å². The molecule has 0 aliphatic carbocycles. The van der Waals surface area contributed by atoms with Gasteiger partial charge in [-0.3, -0.25) is 9.78 Å². The number of aryl methyl sites for hydroxylation is 1. The number of H-pyrrole nitrogens is 1. The van der Waals surface area contributed by atoms with Crippen molar-refractivity contribution in [1.82, 2.24) is 14.9 Å². The maximum atomic E-state index is 12.5. The SMILES string of the molecule is Cc1ccc(-n2c(O)c([C@H]3NCCc4ccccc43)c(=O)[nH]c2=O)cc1. The highest BCUT2D eigenvalue weighted by Gasteiger charge is 2.28. The maximum Gasteiger partial charge on any atom is 0.335 e. The minimum absolute atomic E-state index is 0.150. The lowest BCUT2D eigenvalue weighted by Gasteiger charge is -2.27. The van der Waals surface area contributed by atoms with Crippen molar-refractivity contribution in [1.29, 1.82) is 0 Å². The second-order valence-corrected chi connectivity index (χ2v) is 6.50. The van der Waals surface area contributed by atoms with Crippen molar-refractivity contribution in [2.24, 2.45) is 0 Å². The minimum atomic E-state index is -0.663. The summed E-state index contributed by atoms with van der Waals surface area (Å²) < 4.78 is 1.13. The highest BCUT2D eigenvalue weighted by atomic mass is 16.3. The molecule has 0 fully saturated rings. The molecule has 0 saturated carbocycles. The number of rotatable bonds is 2. The molecule has 1 aromatic heterocycles. The fourth-order valence-corrected chi connectivity index (χ4v) is 3.49. The van der Waals surface area contributed by atoms with Gasteiger partial charge in [0.25, 0.3) is 5.56 Å². The van der Waals surface area contributed by atoms with Gasteiger partial charge in [-0.25, -0.2) is 9.36 Å². The first-order valence-corrected chi connectivity index (χ1v) is 8.52. The van der Waals surface area contributed by atoms with E-state index in [1.165, 1.54) is 0 Å². The smallest absolute Gasteiger partial charge is 0.335 e. The normalized spacial score (nSPS) is 16.3. The Kier molecular flexibility index (Phi) is 3.97. The second-order valence-electron chi connectivity index (χ2n) is 6.50. The quantitative estimate of drug-likeness (QED) is 0.658. The molecule has 6 heteroatoms. The van der Waals surface area contributed by atoms with Crippen LogP contribution in [0, 0.1) is 6.92 Å². The summed E-state index contributed by atoms with van der Waals surface area (Å²) in [7, 11) is 0. The van der Waals surface area contributed by atoms with Crippen molar-refractivity contribution in [2.75, 3.05) is 6.54 Å². The minimum Gasteiger partial charge on any atom is -0.494 e. The van der Waals surface area contributed by atoms with Gasteiger partial charge in [-0.15, -0.1) is 0 Å². The van der Waals surface area contributed by atoms with Crippen LogP contribution in [-0.2, 0) is 6.42 Å². The van der Waals surface area contributed by atoms with Gasteiger partial charge in [-0.1, -0.05) is 42.0 Å². The average Bonchev–Trinajstić information content (AvgIpc) is 2.63. The molecule has 26 heavy (non-hydrogen) atoms. The van der Waals surface area contributed by atoms with E-state index >= 15 is 0 Å². The summed E-state index contributed by atoms with van der Waals surface area (Å²) in [5.41, 5.74) is 2.51. The first-order valence-electron chi connectivity index (χ1n) is 8.52. The zero-order chi connectivity index (χ0) is 18.3. The molecule has 3 aromatic rings. The van der Waals surface area contributed by atoms with Gasteiger partial charge in [0, 0.05) is 6.54 Å². The number of fused-ring (bicyclic) bond motifs is 1. The lowest BCUT2D eigenvalue weighted by molar-refractivity contribution is 0.410. The van der Waals surface area contributed by atoms with E-state index < -0.39 is 17.3 Å². The highest BCUT2D eigenvalue weighted by molar-refractivity contribution is 5.45. The molecular formula is C20H19N3O3. The molecule has 2 aromatic carbocycles. The monoisotopic (exact) mass is 349 g/mol. The maximum absolute atomic E-state index is 12.5. The van der Waals surface area contributed by atoms with Gasteiger partial charge in [0.2, 0.25) is 5.88 Å². The molecule has 1 aliphatic heterocycles. The number of aromatic hydroxyl groups is 1. The Bertz CT molecular complexity index is 1080. The van der Waals surface area contributed by atoms with E-state index in [0.29, 0.717) is 12.2 Å². The molecule has 4 rings (SSSR count). The summed E-state index contributed by atoms with van der Waals surface area (Å²) >= 11 is 0. The molecule has 3 N–H and O–H groups in total. The Morgan fingerprint density at radius 2 is 1.81 bits per heavy atom. The van der Waals surface area contributed by atoms with Gasteiger partial charge in [0.1, 0.15) is 0 Å². The topological polar surface area (TPSA) is 87.1 Å². The molecule has 0 unspecified atom stereocenters. The van der Waals surface area contributed by atoms with E-state index in [-0.39, 0.29) is 11.4 Å². The first kappa shape index (κ1) is 16.4. The summed E-state index contributed by atoms with van der Waals surface area (Å²) in [5, 5.41) is 14.1. The largest absolute Gasteiger partial charge is 0.494 e. The van der Waals surface area contributed by atoms with Crippen molar-refractivity contribution >= 4 is 0 Å². The molecule has 2 heterocycles. The number of hydrogen-bond donors (Lipinski definition) is 3. The molecule has 1 atom stereocenters. The molecule has 0 amide bonds. The summed E-state index contributed by atoms with van der Waals surface area (Å²) in [6.07, 6.45) is 0.850. The Hall–Kier alpha value is -3.12. The van der Waals surface area contributed by atoms with Crippen molar-refractivity contribution in [2.45, 2.75) is 19.4 Å². The van der Waals surface area contributed by atoms with Crippen molar-refractivity contribution in [3.05, 3.63) is 91.6 Å². The lowest BCUT2D eigenvalue weighted by atomic mass is 9.90. The number of nitrogens with zero attached hydrogens (tertiary/aromatic N) is 1. The zero-order valence-electron chi connectivity index (χ0n) is 14.3. The fourth-order valence-electron chi connectivity index (χ4n) is 3.49. The Balaban J connectivity index is 1.94. The third kappa shape index (κ3) is 2.64. The van der Waals surface area contributed by atoms with Crippen LogP contribution < -0.4 is 16.6 Å². The number of nitrogens with one attached hydrogen (secondary N) is 2. The van der Waals surface area contributed by atoms with E-state index in [1.54, 1.807) is 12.1 Å². The van der Waals surface area contributed by atoms with Crippen molar-refractivity contribution in [3.63, 3.8) is 0 Å². The summed E-state index contributed by atoms with van der Waals surface area (Å²) in [5.74, 6) is -0.336. The fraction of sp³-hybridized carbons (Fsp3) is 0.200. The van der Waals surface area contributed by atoms with Crippen LogP contribution >= 0.6 is 0 Å². The first-order chi connectivity index (χ1) is 12.6. The molecular weight excluding hydrogens is 330 g/mol. The third-order valence-electron chi connectivity index (χ3n) is 4.81. The number of benzene rings is 2.